The topological polar surface area (TPSA) is 149 Å². The minimum Gasteiger partial charge on any atom is -0.394 e. The molecule has 0 spiro atoms. The summed E-state index contributed by atoms with van der Waals surface area (Å²) in [6.45, 7) is 3.88. The molecule has 1 aliphatic heterocycles. The molecule has 1 heterocycles. The van der Waals surface area contributed by atoms with Crippen molar-refractivity contribution in [2.24, 2.45) is 0 Å². The Balaban J connectivity index is 2.03. The summed E-state index contributed by atoms with van der Waals surface area (Å²) < 4.78 is 11.3. The van der Waals surface area contributed by atoms with Crippen LogP contribution in [0.2, 0.25) is 0 Å². The highest BCUT2D eigenvalue weighted by Gasteiger charge is 2.44. The zero-order valence-corrected chi connectivity index (χ0v) is 47.3. The van der Waals surface area contributed by atoms with Gasteiger partial charge in [0.25, 0.3) is 0 Å². The van der Waals surface area contributed by atoms with E-state index in [2.05, 4.69) is 19.2 Å². The molecule has 0 aromatic heterocycles. The first-order valence-electron chi connectivity index (χ1n) is 31.7. The molecule has 7 unspecified atom stereocenters. The van der Waals surface area contributed by atoms with Gasteiger partial charge in [0, 0.05) is 6.42 Å². The highest BCUT2D eigenvalue weighted by atomic mass is 16.7. The van der Waals surface area contributed by atoms with E-state index in [1.54, 1.807) is 0 Å². The first-order chi connectivity index (χ1) is 34.8. The molecule has 1 rings (SSSR count). The molecule has 0 radical (unpaired) electrons. The third kappa shape index (κ3) is 42.0. The van der Waals surface area contributed by atoms with Gasteiger partial charge in [-0.15, -0.1) is 0 Å². The minimum atomic E-state index is -1.55. The highest BCUT2D eigenvalue weighted by Crippen LogP contribution is 2.24. The van der Waals surface area contributed by atoms with E-state index in [4.69, 9.17) is 9.47 Å². The fourth-order valence-corrected chi connectivity index (χ4v) is 10.7. The molecule has 6 N–H and O–H groups in total. The zero-order valence-electron chi connectivity index (χ0n) is 47.3. The lowest BCUT2D eigenvalue weighted by Gasteiger charge is -2.40. The van der Waals surface area contributed by atoms with Crippen LogP contribution in [0.25, 0.3) is 0 Å². The van der Waals surface area contributed by atoms with Gasteiger partial charge in [0.05, 0.1) is 25.4 Å². The monoisotopic (exact) mass is 1010 g/mol. The number of ether oxygens (including phenoxy) is 2. The molecular weight excluding hydrogens is 887 g/mol. The Morgan fingerprint density at radius 3 is 1.00 bits per heavy atom. The van der Waals surface area contributed by atoms with Crippen LogP contribution in [-0.2, 0) is 14.3 Å². The van der Waals surface area contributed by atoms with Crippen molar-refractivity contribution in [2.75, 3.05) is 13.2 Å². The van der Waals surface area contributed by atoms with Gasteiger partial charge in [-0.2, -0.15) is 0 Å². The van der Waals surface area contributed by atoms with Crippen LogP contribution in [0.4, 0.5) is 0 Å². The van der Waals surface area contributed by atoms with Crippen molar-refractivity contribution in [3.8, 4) is 0 Å². The quantitative estimate of drug-likeness (QED) is 0.0330. The molecular formula is C62H123NO8. The van der Waals surface area contributed by atoms with E-state index in [1.807, 2.05) is 0 Å². The average molecular weight is 1010 g/mol. The maximum atomic E-state index is 13.1. The maximum Gasteiger partial charge on any atom is 0.220 e. The van der Waals surface area contributed by atoms with E-state index in [9.17, 15) is 30.3 Å². The predicted molar refractivity (Wildman–Crippen MR) is 300 cm³/mol. The van der Waals surface area contributed by atoms with E-state index in [1.165, 1.54) is 270 Å². The van der Waals surface area contributed by atoms with Gasteiger partial charge in [-0.1, -0.05) is 316 Å². The van der Waals surface area contributed by atoms with Crippen LogP contribution < -0.4 is 5.32 Å². The fraction of sp³-hybridized carbons (Fsp3) is 0.984. The van der Waals surface area contributed by atoms with Crippen LogP contribution in [0.3, 0.4) is 0 Å². The normalized spacial score (nSPS) is 19.1. The summed E-state index contributed by atoms with van der Waals surface area (Å²) in [6.07, 6.45) is 57.5. The van der Waals surface area contributed by atoms with Crippen LogP contribution in [0.15, 0.2) is 0 Å². The zero-order chi connectivity index (χ0) is 51.5. The summed E-state index contributed by atoms with van der Waals surface area (Å²) in [7, 11) is 0. The lowest BCUT2D eigenvalue weighted by atomic mass is 9.99. The average Bonchev–Trinajstić information content (AvgIpc) is 3.37. The Bertz CT molecular complexity index is 1080. The Morgan fingerprint density at radius 1 is 0.423 bits per heavy atom. The van der Waals surface area contributed by atoms with Gasteiger partial charge in [-0.05, 0) is 12.8 Å². The number of carbonyl (C=O) groups is 1. The Labute approximate surface area is 440 Å². The molecule has 71 heavy (non-hydrogen) atoms. The van der Waals surface area contributed by atoms with Gasteiger partial charge >= 0.3 is 0 Å². The number of aliphatic hydroxyl groups excluding tert-OH is 5. The minimum absolute atomic E-state index is 0.131. The summed E-state index contributed by atoms with van der Waals surface area (Å²) in [5.74, 6) is -0.136. The third-order valence-electron chi connectivity index (χ3n) is 15.7. The second-order valence-corrected chi connectivity index (χ2v) is 22.6. The first kappa shape index (κ1) is 68.2. The van der Waals surface area contributed by atoms with Crippen molar-refractivity contribution in [1.29, 1.82) is 0 Å². The van der Waals surface area contributed by atoms with Crippen molar-refractivity contribution in [2.45, 2.75) is 378 Å². The summed E-state index contributed by atoms with van der Waals surface area (Å²) in [6, 6.07) is -0.713. The van der Waals surface area contributed by atoms with Gasteiger partial charge in [-0.25, -0.2) is 0 Å². The van der Waals surface area contributed by atoms with Gasteiger partial charge in [0.2, 0.25) is 5.91 Å². The molecule has 0 aliphatic carbocycles. The largest absolute Gasteiger partial charge is 0.394 e. The van der Waals surface area contributed by atoms with Crippen molar-refractivity contribution in [3.05, 3.63) is 0 Å². The maximum absolute atomic E-state index is 13.1. The van der Waals surface area contributed by atoms with E-state index in [0.717, 1.165) is 38.5 Å². The number of nitrogens with one attached hydrogen (secondary N) is 1. The van der Waals surface area contributed by atoms with Gasteiger partial charge in [-0.3, -0.25) is 4.79 Å². The van der Waals surface area contributed by atoms with Gasteiger partial charge < -0.3 is 40.3 Å². The molecule has 1 saturated heterocycles. The number of carbonyl (C=O) groups excluding carboxylic acids is 1. The second-order valence-electron chi connectivity index (χ2n) is 22.6. The van der Waals surface area contributed by atoms with Crippen LogP contribution >= 0.6 is 0 Å². The summed E-state index contributed by atoms with van der Waals surface area (Å²) in [5.41, 5.74) is 0. The second kappa shape index (κ2) is 52.6. The van der Waals surface area contributed by atoms with Crippen molar-refractivity contribution in [3.63, 3.8) is 0 Å². The molecule has 9 heteroatoms. The molecule has 1 aliphatic rings. The first-order valence-corrected chi connectivity index (χ1v) is 31.7. The van der Waals surface area contributed by atoms with Crippen molar-refractivity contribution in [1.82, 2.24) is 5.32 Å². The Morgan fingerprint density at radius 2 is 0.704 bits per heavy atom. The molecule has 0 aromatic carbocycles. The molecule has 0 saturated carbocycles. The molecule has 424 valence electrons. The molecule has 1 fully saturated rings. The number of unbranched alkanes of at least 4 members (excludes halogenated alkanes) is 46. The summed E-state index contributed by atoms with van der Waals surface area (Å²) in [5, 5.41) is 54.6. The Hall–Kier alpha value is -0.810. The molecule has 1 amide bonds. The molecule has 9 nitrogen and oxygen atoms in total. The smallest absolute Gasteiger partial charge is 0.220 e. The van der Waals surface area contributed by atoms with Crippen molar-refractivity contribution >= 4 is 5.91 Å². The van der Waals surface area contributed by atoms with E-state index in [-0.39, 0.29) is 12.5 Å². The number of amides is 1. The van der Waals surface area contributed by atoms with Gasteiger partial charge in [0.15, 0.2) is 6.29 Å². The number of hydrogen-bond acceptors (Lipinski definition) is 8. The predicted octanol–water partition coefficient (Wildman–Crippen LogP) is 16.2. The molecule has 0 aromatic rings. The number of hydrogen-bond donors (Lipinski definition) is 6. The fourth-order valence-electron chi connectivity index (χ4n) is 10.7. The third-order valence-corrected chi connectivity index (χ3v) is 15.7. The van der Waals surface area contributed by atoms with Crippen molar-refractivity contribution < 1.29 is 39.8 Å². The highest BCUT2D eigenvalue weighted by molar-refractivity contribution is 5.76. The molecule has 7 atom stereocenters. The summed E-state index contributed by atoms with van der Waals surface area (Å²) in [4.78, 5) is 13.1. The number of aliphatic hydroxyl groups is 5. The van der Waals surface area contributed by atoms with Crippen LogP contribution in [0.5, 0.6) is 0 Å². The number of rotatable bonds is 56. The van der Waals surface area contributed by atoms with E-state index < -0.39 is 49.5 Å². The standard InChI is InChI=1S/C62H123NO8/c1-3-5-7-9-11-13-15-17-18-19-20-21-22-23-24-25-26-27-28-29-30-31-32-33-34-35-36-37-38-40-42-44-46-48-50-52-58(66)63-55(54-70-62-61(69)60(68)59(67)57(53-64)71-62)56(65)51-49-47-45-43-41-39-16-14-12-10-8-6-4-2/h55-57,59-62,64-65,67-69H,3-54H2,1-2H3,(H,63,66). The lowest BCUT2D eigenvalue weighted by molar-refractivity contribution is -0.302. The van der Waals surface area contributed by atoms with Crippen LogP contribution in [0.1, 0.15) is 335 Å². The van der Waals surface area contributed by atoms with Crippen LogP contribution in [-0.4, -0.2) is 87.5 Å². The van der Waals surface area contributed by atoms with Gasteiger partial charge in [0.1, 0.15) is 24.4 Å². The SMILES string of the molecule is CCCCCCCCCCCCCCCCCCCCCCCCCCCCCCCCCCCCCC(=O)NC(COC1OC(CO)C(O)C(O)C1O)C(O)CCCCCCCCCCCCCCC. The van der Waals surface area contributed by atoms with E-state index >= 15 is 0 Å². The summed E-state index contributed by atoms with van der Waals surface area (Å²) >= 11 is 0. The Kier molecular flexibility index (Phi) is 50.6. The lowest BCUT2D eigenvalue weighted by Crippen LogP contribution is -2.60. The van der Waals surface area contributed by atoms with Crippen LogP contribution in [0, 0.1) is 0 Å². The molecule has 0 bridgehead atoms. The van der Waals surface area contributed by atoms with E-state index in [0.29, 0.717) is 12.8 Å².